The molecule has 5 heteroatoms. The van der Waals surface area contributed by atoms with E-state index in [4.69, 9.17) is 9.47 Å². The summed E-state index contributed by atoms with van der Waals surface area (Å²) in [4.78, 5) is 16.5. The molecule has 0 aromatic rings. The number of morpholine rings is 1. The van der Waals surface area contributed by atoms with E-state index in [1.54, 1.807) is 0 Å². The van der Waals surface area contributed by atoms with Crippen LogP contribution in [0.1, 0.15) is 54.4 Å². The number of ether oxygens (including phenoxy) is 2. The van der Waals surface area contributed by atoms with Crippen molar-refractivity contribution in [3.8, 4) is 0 Å². The third-order valence-corrected chi connectivity index (χ3v) is 4.52. The lowest BCUT2D eigenvalue weighted by Gasteiger charge is -2.50. The van der Waals surface area contributed by atoms with Gasteiger partial charge in [-0.25, -0.2) is 4.79 Å². The van der Waals surface area contributed by atoms with Crippen molar-refractivity contribution < 1.29 is 14.3 Å². The van der Waals surface area contributed by atoms with Crippen LogP contribution in [0, 0.1) is 0 Å². The predicted octanol–water partition coefficient (Wildman–Crippen LogP) is 2.89. The number of piperidine rings is 1. The Morgan fingerprint density at radius 3 is 2.14 bits per heavy atom. The van der Waals surface area contributed by atoms with Gasteiger partial charge in [0.2, 0.25) is 0 Å². The van der Waals surface area contributed by atoms with Gasteiger partial charge in [-0.15, -0.1) is 0 Å². The molecule has 0 radical (unpaired) electrons. The lowest BCUT2D eigenvalue weighted by Crippen LogP contribution is -2.61. The minimum atomic E-state index is -0.434. The van der Waals surface area contributed by atoms with Crippen LogP contribution < -0.4 is 0 Å². The first-order valence-electron chi connectivity index (χ1n) is 8.38. The van der Waals surface area contributed by atoms with Gasteiger partial charge >= 0.3 is 6.09 Å². The second-order valence-corrected chi connectivity index (χ2v) is 8.59. The molecule has 0 aliphatic carbocycles. The first kappa shape index (κ1) is 17.5. The van der Waals surface area contributed by atoms with Gasteiger partial charge in [0.15, 0.2) is 0 Å². The molecule has 0 unspecified atom stereocenters. The molecule has 2 rings (SSSR count). The number of nitrogens with zero attached hydrogens (tertiary/aromatic N) is 2. The zero-order chi connectivity index (χ0) is 16.6. The van der Waals surface area contributed by atoms with E-state index in [0.717, 1.165) is 32.5 Å². The standard InChI is InChI=1S/C17H32N2O3/c1-15(2,3)19-11-12-21-17(13-19)7-9-18(10-8-17)14(20)22-16(4,5)6/h7-13H2,1-6H3. The van der Waals surface area contributed by atoms with Crippen molar-refractivity contribution in [1.82, 2.24) is 9.80 Å². The summed E-state index contributed by atoms with van der Waals surface area (Å²) in [5.74, 6) is 0. The normalized spacial score (nSPS) is 23.6. The minimum Gasteiger partial charge on any atom is -0.444 e. The highest BCUT2D eigenvalue weighted by Gasteiger charge is 2.43. The van der Waals surface area contributed by atoms with E-state index in [-0.39, 0.29) is 17.2 Å². The molecule has 2 heterocycles. The van der Waals surface area contributed by atoms with Crippen LogP contribution in [0.5, 0.6) is 0 Å². The molecule has 0 aromatic heterocycles. The van der Waals surface area contributed by atoms with E-state index in [1.165, 1.54) is 0 Å². The molecule has 2 fully saturated rings. The van der Waals surface area contributed by atoms with Crippen molar-refractivity contribution in [2.24, 2.45) is 0 Å². The number of hydrogen-bond acceptors (Lipinski definition) is 4. The van der Waals surface area contributed by atoms with E-state index in [2.05, 4.69) is 25.7 Å². The van der Waals surface area contributed by atoms with Crippen molar-refractivity contribution in [1.29, 1.82) is 0 Å². The average Bonchev–Trinajstić information content (AvgIpc) is 2.36. The van der Waals surface area contributed by atoms with Gasteiger partial charge in [-0.1, -0.05) is 0 Å². The Morgan fingerprint density at radius 1 is 1.05 bits per heavy atom. The van der Waals surface area contributed by atoms with Gasteiger partial charge in [0.1, 0.15) is 5.60 Å². The highest BCUT2D eigenvalue weighted by molar-refractivity contribution is 5.68. The molecule has 22 heavy (non-hydrogen) atoms. The van der Waals surface area contributed by atoms with E-state index < -0.39 is 5.60 Å². The van der Waals surface area contributed by atoms with Crippen LogP contribution in [0.25, 0.3) is 0 Å². The molecule has 2 saturated heterocycles. The first-order chi connectivity index (χ1) is 10.0. The van der Waals surface area contributed by atoms with Crippen LogP contribution in [-0.2, 0) is 9.47 Å². The van der Waals surface area contributed by atoms with E-state index in [0.29, 0.717) is 13.1 Å². The highest BCUT2D eigenvalue weighted by Crippen LogP contribution is 2.33. The van der Waals surface area contributed by atoms with Crippen LogP contribution in [0.2, 0.25) is 0 Å². The fourth-order valence-corrected chi connectivity index (χ4v) is 3.14. The summed E-state index contributed by atoms with van der Waals surface area (Å²) in [6, 6.07) is 0. The maximum atomic E-state index is 12.2. The molecular formula is C17H32N2O3. The third kappa shape index (κ3) is 4.35. The lowest BCUT2D eigenvalue weighted by atomic mass is 9.87. The monoisotopic (exact) mass is 312 g/mol. The summed E-state index contributed by atoms with van der Waals surface area (Å²) < 4.78 is 11.6. The zero-order valence-corrected chi connectivity index (χ0v) is 15.1. The molecule has 2 aliphatic rings. The van der Waals surface area contributed by atoms with Gasteiger partial charge < -0.3 is 14.4 Å². The summed E-state index contributed by atoms with van der Waals surface area (Å²) in [5.41, 5.74) is -0.361. The van der Waals surface area contributed by atoms with Gasteiger partial charge in [-0.3, -0.25) is 4.90 Å². The molecule has 0 bridgehead atoms. The molecule has 0 aromatic carbocycles. The predicted molar refractivity (Wildman–Crippen MR) is 87.1 cm³/mol. The number of amides is 1. The topological polar surface area (TPSA) is 42.0 Å². The lowest BCUT2D eigenvalue weighted by molar-refractivity contribution is -0.150. The molecule has 2 aliphatic heterocycles. The van der Waals surface area contributed by atoms with Crippen molar-refractivity contribution in [3.63, 3.8) is 0 Å². The number of hydrogen-bond donors (Lipinski definition) is 0. The fourth-order valence-electron chi connectivity index (χ4n) is 3.14. The molecule has 1 spiro atoms. The SMILES string of the molecule is CC(C)(C)OC(=O)N1CCC2(CC1)CN(C(C)(C)C)CCO2. The maximum absolute atomic E-state index is 12.2. The second-order valence-electron chi connectivity index (χ2n) is 8.59. The summed E-state index contributed by atoms with van der Waals surface area (Å²) >= 11 is 0. The summed E-state index contributed by atoms with van der Waals surface area (Å²) in [5, 5.41) is 0. The number of rotatable bonds is 0. The number of likely N-dealkylation sites (tertiary alicyclic amines) is 1. The summed E-state index contributed by atoms with van der Waals surface area (Å²) in [7, 11) is 0. The molecule has 0 atom stereocenters. The van der Waals surface area contributed by atoms with Crippen LogP contribution in [-0.4, -0.2) is 65.4 Å². The summed E-state index contributed by atoms with van der Waals surface area (Å²) in [6.45, 7) is 16.6. The third-order valence-electron chi connectivity index (χ3n) is 4.52. The minimum absolute atomic E-state index is 0.0932. The smallest absolute Gasteiger partial charge is 0.410 e. The Hall–Kier alpha value is -0.810. The van der Waals surface area contributed by atoms with Crippen molar-refractivity contribution in [2.45, 2.75) is 71.1 Å². The Balaban J connectivity index is 1.92. The van der Waals surface area contributed by atoms with Crippen LogP contribution >= 0.6 is 0 Å². The maximum Gasteiger partial charge on any atom is 0.410 e. The quantitative estimate of drug-likeness (QED) is 0.690. The molecule has 0 N–H and O–H groups in total. The van der Waals surface area contributed by atoms with Crippen LogP contribution in [0.4, 0.5) is 4.79 Å². The number of carbonyl (C=O) groups excluding carboxylic acids is 1. The van der Waals surface area contributed by atoms with E-state index >= 15 is 0 Å². The number of carbonyl (C=O) groups is 1. The van der Waals surface area contributed by atoms with Gasteiger partial charge in [-0.2, -0.15) is 0 Å². The van der Waals surface area contributed by atoms with Crippen molar-refractivity contribution >= 4 is 6.09 Å². The van der Waals surface area contributed by atoms with E-state index in [1.807, 2.05) is 25.7 Å². The highest BCUT2D eigenvalue weighted by atomic mass is 16.6. The zero-order valence-electron chi connectivity index (χ0n) is 15.1. The Bertz CT molecular complexity index is 401. The second kappa shape index (κ2) is 6.00. The van der Waals surface area contributed by atoms with Crippen LogP contribution in [0.15, 0.2) is 0 Å². The molecular weight excluding hydrogens is 280 g/mol. The Morgan fingerprint density at radius 2 is 1.64 bits per heavy atom. The molecule has 5 nitrogen and oxygen atoms in total. The van der Waals surface area contributed by atoms with Gasteiger partial charge in [0.25, 0.3) is 0 Å². The summed E-state index contributed by atoms with van der Waals surface area (Å²) in [6.07, 6.45) is 1.57. The van der Waals surface area contributed by atoms with Gasteiger partial charge in [-0.05, 0) is 54.4 Å². The molecule has 0 saturated carbocycles. The van der Waals surface area contributed by atoms with Crippen LogP contribution in [0.3, 0.4) is 0 Å². The van der Waals surface area contributed by atoms with Crippen molar-refractivity contribution in [2.75, 3.05) is 32.8 Å². The fraction of sp³-hybridized carbons (Fsp3) is 0.941. The molecule has 128 valence electrons. The largest absolute Gasteiger partial charge is 0.444 e. The van der Waals surface area contributed by atoms with Gasteiger partial charge in [0.05, 0.1) is 12.2 Å². The Labute approximate surface area is 134 Å². The van der Waals surface area contributed by atoms with E-state index in [9.17, 15) is 4.79 Å². The molecule has 1 amide bonds. The van der Waals surface area contributed by atoms with Crippen molar-refractivity contribution in [3.05, 3.63) is 0 Å². The average molecular weight is 312 g/mol. The van der Waals surface area contributed by atoms with Gasteiger partial charge in [0, 0.05) is 31.7 Å². The first-order valence-corrected chi connectivity index (χ1v) is 8.38. The Kier molecular flexibility index (Phi) is 4.79.